The van der Waals surface area contributed by atoms with Crippen LogP contribution in [0.1, 0.15) is 71.8 Å². The smallest absolute Gasteiger partial charge is 0.255 e. The summed E-state index contributed by atoms with van der Waals surface area (Å²) in [7, 11) is -5.35. The number of nitrogens with zero attached hydrogens (tertiary/aromatic N) is 1. The molecule has 37 heavy (non-hydrogen) atoms. The van der Waals surface area contributed by atoms with Crippen LogP contribution in [0.25, 0.3) is 22.4 Å². The quantitative estimate of drug-likeness (QED) is 0.345. The molecule has 1 aromatic carbocycles. The van der Waals surface area contributed by atoms with Crippen LogP contribution in [0.5, 0.6) is 0 Å². The maximum absolute atomic E-state index is 12.9. The Morgan fingerprint density at radius 3 is 2.24 bits per heavy atom. The first-order valence-corrected chi connectivity index (χ1v) is 16.2. The topological polar surface area (TPSA) is 135 Å². The van der Waals surface area contributed by atoms with Crippen molar-refractivity contribution in [1.82, 2.24) is 10.3 Å². The fraction of sp³-hybridized carbons (Fsp3) is 0.462. The Bertz CT molecular complexity index is 1550. The molecule has 0 bridgehead atoms. The molecule has 5 rings (SSSR count). The predicted molar refractivity (Wildman–Crippen MR) is 143 cm³/mol. The Kier molecular flexibility index (Phi) is 6.78. The molecular formula is C26H31N3O6S2. The third kappa shape index (κ3) is 5.98. The SMILES string of the molecule is CNC(=O)c1c(-c2ccc(C3CC3)cc2)oc2nc(NS(=O)(=O)CCCCS(C)(=O)=O)c(C3CC3)cc12. The molecular weight excluding hydrogens is 514 g/mol. The minimum atomic E-state index is -3.76. The zero-order valence-electron chi connectivity index (χ0n) is 20.9. The molecule has 11 heteroatoms. The van der Waals surface area contributed by atoms with Gasteiger partial charge in [0.25, 0.3) is 5.91 Å². The van der Waals surface area contributed by atoms with Crippen molar-refractivity contribution in [2.24, 2.45) is 0 Å². The van der Waals surface area contributed by atoms with E-state index in [1.165, 1.54) is 18.4 Å². The highest BCUT2D eigenvalue weighted by atomic mass is 32.2. The van der Waals surface area contributed by atoms with Gasteiger partial charge in [0, 0.05) is 24.6 Å². The Morgan fingerprint density at radius 1 is 1.00 bits per heavy atom. The van der Waals surface area contributed by atoms with Crippen molar-refractivity contribution in [3.63, 3.8) is 0 Å². The predicted octanol–water partition coefficient (Wildman–Crippen LogP) is 4.18. The van der Waals surface area contributed by atoms with E-state index >= 15 is 0 Å². The van der Waals surface area contributed by atoms with E-state index in [-0.39, 0.29) is 47.7 Å². The lowest BCUT2D eigenvalue weighted by atomic mass is 10.0. The third-order valence-electron chi connectivity index (χ3n) is 6.84. The van der Waals surface area contributed by atoms with Crippen molar-refractivity contribution < 1.29 is 26.0 Å². The zero-order valence-corrected chi connectivity index (χ0v) is 22.5. The summed E-state index contributed by atoms with van der Waals surface area (Å²) in [4.78, 5) is 17.5. The lowest BCUT2D eigenvalue weighted by molar-refractivity contribution is 0.0964. The summed E-state index contributed by atoms with van der Waals surface area (Å²) in [5, 5.41) is 3.23. The van der Waals surface area contributed by atoms with E-state index in [9.17, 15) is 21.6 Å². The van der Waals surface area contributed by atoms with Crippen molar-refractivity contribution in [3.8, 4) is 11.3 Å². The minimum Gasteiger partial charge on any atom is -0.437 e. The monoisotopic (exact) mass is 545 g/mol. The molecule has 0 unspecified atom stereocenters. The molecule has 2 N–H and O–H groups in total. The van der Waals surface area contributed by atoms with Gasteiger partial charge < -0.3 is 9.73 Å². The average molecular weight is 546 g/mol. The summed E-state index contributed by atoms with van der Waals surface area (Å²) in [6.07, 6.45) is 5.80. The molecule has 0 saturated heterocycles. The summed E-state index contributed by atoms with van der Waals surface area (Å²) >= 11 is 0. The Labute approximate surface area is 217 Å². The number of fused-ring (bicyclic) bond motifs is 1. The molecule has 2 saturated carbocycles. The van der Waals surface area contributed by atoms with Crippen LogP contribution in [0.2, 0.25) is 0 Å². The van der Waals surface area contributed by atoms with Gasteiger partial charge in [-0.2, -0.15) is 4.98 Å². The standard InChI is InChI=1S/C26H31N3O6S2/c1-27-25(30)22-21-15-20(18-9-10-18)24(29-37(33,34)14-4-3-13-36(2,31)32)28-26(21)35-23(22)19-11-7-17(8-12-19)16-5-6-16/h7-8,11-12,15-16,18H,3-6,9-10,13-14H2,1-2H3,(H,27,30)(H,28,29). The van der Waals surface area contributed by atoms with E-state index in [1.54, 1.807) is 7.05 Å². The second kappa shape index (κ2) is 9.75. The summed E-state index contributed by atoms with van der Waals surface area (Å²) in [6.45, 7) is 0. The summed E-state index contributed by atoms with van der Waals surface area (Å²) in [5.74, 6) is 0.771. The fourth-order valence-electron chi connectivity index (χ4n) is 4.56. The first-order valence-electron chi connectivity index (χ1n) is 12.5. The molecule has 2 aliphatic carbocycles. The molecule has 1 amide bonds. The van der Waals surface area contributed by atoms with Gasteiger partial charge in [-0.1, -0.05) is 24.3 Å². The normalized spacial score (nSPS) is 16.2. The highest BCUT2D eigenvalue weighted by molar-refractivity contribution is 7.92. The van der Waals surface area contributed by atoms with Crippen molar-refractivity contribution in [3.05, 3.63) is 47.0 Å². The van der Waals surface area contributed by atoms with Crippen LogP contribution >= 0.6 is 0 Å². The van der Waals surface area contributed by atoms with Gasteiger partial charge in [0.2, 0.25) is 15.7 Å². The van der Waals surface area contributed by atoms with Crippen LogP contribution in [-0.4, -0.2) is 52.5 Å². The van der Waals surface area contributed by atoms with Gasteiger partial charge in [0.05, 0.1) is 16.7 Å². The van der Waals surface area contributed by atoms with E-state index in [4.69, 9.17) is 4.42 Å². The molecule has 0 atom stereocenters. The number of sulfonamides is 1. The number of sulfone groups is 1. The van der Waals surface area contributed by atoms with E-state index < -0.39 is 19.9 Å². The lowest BCUT2D eigenvalue weighted by Gasteiger charge is -2.11. The van der Waals surface area contributed by atoms with Gasteiger partial charge in [0.1, 0.15) is 21.4 Å². The number of unbranched alkanes of at least 4 members (excludes halogenated alkanes) is 1. The van der Waals surface area contributed by atoms with Crippen LogP contribution in [-0.2, 0) is 19.9 Å². The van der Waals surface area contributed by atoms with Gasteiger partial charge >= 0.3 is 0 Å². The number of amides is 1. The summed E-state index contributed by atoms with van der Waals surface area (Å²) in [6, 6.07) is 9.82. The minimum absolute atomic E-state index is 0.0564. The second-order valence-corrected chi connectivity index (χ2v) is 14.2. The Balaban J connectivity index is 1.49. The Hall–Kier alpha value is -2.92. The molecule has 9 nitrogen and oxygen atoms in total. The lowest BCUT2D eigenvalue weighted by Crippen LogP contribution is -2.20. The van der Waals surface area contributed by atoms with E-state index in [0.29, 0.717) is 22.6 Å². The van der Waals surface area contributed by atoms with Gasteiger partial charge in [0.15, 0.2) is 0 Å². The highest BCUT2D eigenvalue weighted by Gasteiger charge is 2.32. The average Bonchev–Trinajstić information content (AvgIpc) is 3.77. The van der Waals surface area contributed by atoms with Crippen LogP contribution in [0, 0.1) is 0 Å². The molecule has 198 valence electrons. The first-order chi connectivity index (χ1) is 17.5. The van der Waals surface area contributed by atoms with Crippen molar-refractivity contribution in [1.29, 1.82) is 0 Å². The third-order valence-corrected chi connectivity index (χ3v) is 9.20. The molecule has 2 aromatic heterocycles. The molecule has 2 aliphatic rings. The van der Waals surface area contributed by atoms with E-state index in [0.717, 1.165) is 30.2 Å². The number of carbonyl (C=O) groups excluding carboxylic acids is 1. The van der Waals surface area contributed by atoms with Gasteiger partial charge in [-0.3, -0.25) is 9.52 Å². The molecule has 0 spiro atoms. The molecule has 0 radical (unpaired) electrons. The van der Waals surface area contributed by atoms with Crippen molar-refractivity contribution >= 4 is 42.7 Å². The number of aromatic nitrogens is 1. The molecule has 3 aromatic rings. The number of hydrogen-bond acceptors (Lipinski definition) is 7. The number of benzene rings is 1. The Morgan fingerprint density at radius 2 is 1.65 bits per heavy atom. The number of hydrogen-bond donors (Lipinski definition) is 2. The van der Waals surface area contributed by atoms with Crippen molar-refractivity contribution in [2.75, 3.05) is 29.5 Å². The number of furan rings is 1. The summed E-state index contributed by atoms with van der Waals surface area (Å²) < 4.78 is 57.0. The number of pyridine rings is 1. The number of anilines is 1. The van der Waals surface area contributed by atoms with E-state index in [1.807, 2.05) is 18.2 Å². The highest BCUT2D eigenvalue weighted by Crippen LogP contribution is 2.46. The largest absolute Gasteiger partial charge is 0.437 e. The van der Waals surface area contributed by atoms with Crippen LogP contribution < -0.4 is 10.0 Å². The van der Waals surface area contributed by atoms with Crippen LogP contribution in [0.3, 0.4) is 0 Å². The first kappa shape index (κ1) is 25.7. The second-order valence-electron chi connectivity index (χ2n) is 10.1. The molecule has 2 heterocycles. The van der Waals surface area contributed by atoms with Gasteiger partial charge in [-0.15, -0.1) is 0 Å². The van der Waals surface area contributed by atoms with Crippen LogP contribution in [0.4, 0.5) is 5.82 Å². The number of carbonyl (C=O) groups is 1. The maximum Gasteiger partial charge on any atom is 0.255 e. The summed E-state index contributed by atoms with van der Waals surface area (Å²) in [5.41, 5.74) is 3.31. The van der Waals surface area contributed by atoms with Gasteiger partial charge in [-0.25, -0.2) is 16.8 Å². The number of nitrogens with one attached hydrogen (secondary N) is 2. The fourth-order valence-corrected chi connectivity index (χ4v) is 6.43. The van der Waals surface area contributed by atoms with Crippen LogP contribution in [0.15, 0.2) is 34.7 Å². The van der Waals surface area contributed by atoms with Crippen molar-refractivity contribution in [2.45, 2.75) is 50.4 Å². The molecule has 2 fully saturated rings. The maximum atomic E-state index is 12.9. The van der Waals surface area contributed by atoms with Gasteiger partial charge in [-0.05, 0) is 67.6 Å². The zero-order chi connectivity index (χ0) is 26.4. The van der Waals surface area contributed by atoms with E-state index in [2.05, 4.69) is 27.2 Å². The number of rotatable bonds is 11. The molecule has 0 aliphatic heterocycles.